The summed E-state index contributed by atoms with van der Waals surface area (Å²) in [7, 11) is 0. The summed E-state index contributed by atoms with van der Waals surface area (Å²) in [4.78, 5) is 26.2. The molecule has 0 radical (unpaired) electrons. The molecule has 0 heterocycles. The first kappa shape index (κ1) is 27.2. The van der Waals surface area contributed by atoms with Gasteiger partial charge < -0.3 is 9.47 Å². The molecule has 3 rings (SSSR count). The van der Waals surface area contributed by atoms with Crippen molar-refractivity contribution in [2.45, 2.75) is 66.2 Å². The van der Waals surface area contributed by atoms with Crippen LogP contribution in [0.4, 0.5) is 0 Å². The maximum atomic E-state index is 13.1. The molecule has 0 aliphatic carbocycles. The molecule has 0 unspecified atom stereocenters. The first-order chi connectivity index (χ1) is 16.9. The van der Waals surface area contributed by atoms with Crippen molar-refractivity contribution in [3.8, 4) is 22.3 Å². The summed E-state index contributed by atoms with van der Waals surface area (Å²) in [5, 5.41) is 0. The predicted octanol–water partition coefficient (Wildman–Crippen LogP) is 7.97. The highest BCUT2D eigenvalue weighted by Gasteiger charge is 2.24. The summed E-state index contributed by atoms with van der Waals surface area (Å²) in [5.41, 5.74) is 6.18. The van der Waals surface area contributed by atoms with Crippen LogP contribution < -0.4 is 0 Å². The van der Waals surface area contributed by atoms with Crippen LogP contribution in [0, 0.1) is 0 Å². The fourth-order valence-electron chi connectivity index (χ4n) is 4.13. The average molecular weight is 487 g/mol. The Labute approximate surface area is 215 Å². The smallest absolute Gasteiger partial charge is 0.338 e. The van der Waals surface area contributed by atoms with E-state index in [2.05, 4.69) is 65.8 Å². The lowest BCUT2D eigenvalue weighted by Crippen LogP contribution is -2.13. The topological polar surface area (TPSA) is 52.6 Å². The third-order valence-corrected chi connectivity index (χ3v) is 6.27. The zero-order valence-electron chi connectivity index (χ0n) is 22.8. The third-order valence-electron chi connectivity index (χ3n) is 6.27. The second-order valence-corrected chi connectivity index (χ2v) is 11.0. The number of rotatable bonds is 6. The highest BCUT2D eigenvalue weighted by molar-refractivity contribution is 6.05. The van der Waals surface area contributed by atoms with E-state index in [1.165, 1.54) is 11.1 Å². The first-order valence-corrected chi connectivity index (χ1v) is 12.6. The second kappa shape index (κ2) is 10.7. The highest BCUT2D eigenvalue weighted by atomic mass is 16.5. The monoisotopic (exact) mass is 486 g/mol. The lowest BCUT2D eigenvalue weighted by molar-refractivity contribution is 0.0513. The summed E-state index contributed by atoms with van der Waals surface area (Å²) in [5.74, 6) is -0.842. The second-order valence-electron chi connectivity index (χ2n) is 11.0. The van der Waals surface area contributed by atoms with Gasteiger partial charge in [0, 0.05) is 0 Å². The van der Waals surface area contributed by atoms with Crippen molar-refractivity contribution < 1.29 is 19.1 Å². The van der Waals surface area contributed by atoms with Crippen molar-refractivity contribution in [3.63, 3.8) is 0 Å². The maximum Gasteiger partial charge on any atom is 0.338 e. The molecular weight excluding hydrogens is 448 g/mol. The minimum Gasteiger partial charge on any atom is -0.462 e. The standard InChI is InChI=1S/C32H38O4/c1-9-35-29(33)27-19-26(22-13-17-24(18-14-22)32(6,7)8)28(30(34)36-10-2)20-25(27)21-11-15-23(16-12-21)31(3,4)5/h11-20H,9-10H2,1-8H3. The zero-order valence-corrected chi connectivity index (χ0v) is 22.8. The Morgan fingerprint density at radius 1 is 0.583 bits per heavy atom. The maximum absolute atomic E-state index is 13.1. The normalized spacial score (nSPS) is 11.8. The van der Waals surface area contributed by atoms with Gasteiger partial charge >= 0.3 is 11.9 Å². The van der Waals surface area contributed by atoms with Gasteiger partial charge in [-0.25, -0.2) is 9.59 Å². The van der Waals surface area contributed by atoms with Crippen LogP contribution in [-0.4, -0.2) is 25.2 Å². The summed E-state index contributed by atoms with van der Waals surface area (Å²) in [6.07, 6.45) is 0. The van der Waals surface area contributed by atoms with Gasteiger partial charge in [0.1, 0.15) is 0 Å². The molecule has 0 N–H and O–H groups in total. The molecule has 0 atom stereocenters. The van der Waals surface area contributed by atoms with Crippen molar-refractivity contribution in [2.24, 2.45) is 0 Å². The largest absolute Gasteiger partial charge is 0.462 e. The molecule has 4 nitrogen and oxygen atoms in total. The van der Waals surface area contributed by atoms with Gasteiger partial charge in [-0.1, -0.05) is 90.1 Å². The molecule has 0 bridgehead atoms. The number of carbonyl (C=O) groups is 2. The molecular formula is C32H38O4. The molecule has 0 spiro atoms. The number of hydrogen-bond donors (Lipinski definition) is 0. The Kier molecular flexibility index (Phi) is 8.08. The molecule has 0 aliphatic rings. The van der Waals surface area contributed by atoms with Gasteiger partial charge in [-0.2, -0.15) is 0 Å². The summed E-state index contributed by atoms with van der Waals surface area (Å²) in [6, 6.07) is 19.8. The van der Waals surface area contributed by atoms with E-state index in [1.54, 1.807) is 26.0 Å². The van der Waals surface area contributed by atoms with Gasteiger partial charge in [-0.3, -0.25) is 0 Å². The molecule has 0 saturated carbocycles. The molecule has 36 heavy (non-hydrogen) atoms. The van der Waals surface area contributed by atoms with Crippen molar-refractivity contribution in [1.29, 1.82) is 0 Å². The quantitative estimate of drug-likeness (QED) is 0.332. The van der Waals surface area contributed by atoms with Crippen molar-refractivity contribution in [1.82, 2.24) is 0 Å². The lowest BCUT2D eigenvalue weighted by Gasteiger charge is -2.21. The number of carbonyl (C=O) groups excluding carboxylic acids is 2. The Hall–Kier alpha value is -3.40. The van der Waals surface area contributed by atoms with Crippen molar-refractivity contribution in [3.05, 3.63) is 82.9 Å². The van der Waals surface area contributed by atoms with Gasteiger partial charge in [0.05, 0.1) is 24.3 Å². The van der Waals surface area contributed by atoms with E-state index in [1.807, 2.05) is 24.3 Å². The fraction of sp³-hybridized carbons (Fsp3) is 0.375. The van der Waals surface area contributed by atoms with Crippen LogP contribution in [0.3, 0.4) is 0 Å². The van der Waals surface area contributed by atoms with E-state index < -0.39 is 11.9 Å². The predicted molar refractivity (Wildman–Crippen MR) is 147 cm³/mol. The van der Waals surface area contributed by atoms with E-state index in [0.29, 0.717) is 22.3 Å². The first-order valence-electron chi connectivity index (χ1n) is 12.6. The van der Waals surface area contributed by atoms with Crippen LogP contribution in [0.25, 0.3) is 22.3 Å². The Bertz CT molecular complexity index is 1120. The van der Waals surface area contributed by atoms with Crippen LogP contribution >= 0.6 is 0 Å². The third kappa shape index (κ3) is 6.04. The molecule has 3 aromatic rings. The molecule has 0 amide bonds. The van der Waals surface area contributed by atoms with Gasteiger partial charge in [-0.15, -0.1) is 0 Å². The van der Waals surface area contributed by atoms with E-state index in [0.717, 1.165) is 11.1 Å². The molecule has 0 saturated heterocycles. The molecule has 3 aromatic carbocycles. The average Bonchev–Trinajstić information content (AvgIpc) is 2.82. The minimum absolute atomic E-state index is 0.00166. The number of esters is 2. The molecule has 4 heteroatoms. The van der Waals surface area contributed by atoms with E-state index in [4.69, 9.17) is 9.47 Å². The Morgan fingerprint density at radius 2 is 0.889 bits per heavy atom. The van der Waals surface area contributed by atoms with Gasteiger partial charge in [0.15, 0.2) is 0 Å². The van der Waals surface area contributed by atoms with Gasteiger partial charge in [0.2, 0.25) is 0 Å². The van der Waals surface area contributed by atoms with Crippen LogP contribution in [0.5, 0.6) is 0 Å². The highest BCUT2D eigenvalue weighted by Crippen LogP contribution is 2.35. The van der Waals surface area contributed by atoms with E-state index in [9.17, 15) is 9.59 Å². The fourth-order valence-corrected chi connectivity index (χ4v) is 4.13. The number of ether oxygens (including phenoxy) is 2. The van der Waals surface area contributed by atoms with Gasteiger partial charge in [-0.05, 0) is 70.2 Å². The van der Waals surface area contributed by atoms with Crippen molar-refractivity contribution >= 4 is 11.9 Å². The lowest BCUT2D eigenvalue weighted by atomic mass is 9.84. The SMILES string of the molecule is CCOC(=O)c1cc(-c2ccc(C(C)(C)C)cc2)c(C(=O)OCC)cc1-c1ccc(C(C)(C)C)cc1. The Balaban J connectivity index is 2.26. The summed E-state index contributed by atoms with van der Waals surface area (Å²) in [6.45, 7) is 17.0. The van der Waals surface area contributed by atoms with Gasteiger partial charge in [0.25, 0.3) is 0 Å². The summed E-state index contributed by atoms with van der Waals surface area (Å²) >= 11 is 0. The number of hydrogen-bond acceptors (Lipinski definition) is 4. The Morgan fingerprint density at radius 3 is 1.14 bits per heavy atom. The molecule has 190 valence electrons. The summed E-state index contributed by atoms with van der Waals surface area (Å²) < 4.78 is 10.8. The van der Waals surface area contributed by atoms with E-state index in [-0.39, 0.29) is 24.0 Å². The van der Waals surface area contributed by atoms with Crippen LogP contribution in [0.1, 0.15) is 87.2 Å². The molecule has 0 fully saturated rings. The minimum atomic E-state index is -0.421. The van der Waals surface area contributed by atoms with E-state index >= 15 is 0 Å². The number of benzene rings is 3. The molecule has 0 aromatic heterocycles. The zero-order chi connectivity index (χ0) is 26.7. The van der Waals surface area contributed by atoms with Crippen LogP contribution in [0.2, 0.25) is 0 Å². The van der Waals surface area contributed by atoms with Crippen LogP contribution in [0.15, 0.2) is 60.7 Å². The van der Waals surface area contributed by atoms with Crippen LogP contribution in [-0.2, 0) is 20.3 Å². The van der Waals surface area contributed by atoms with Crippen molar-refractivity contribution in [2.75, 3.05) is 13.2 Å². The molecule has 0 aliphatic heterocycles.